The van der Waals surface area contributed by atoms with Gasteiger partial charge in [0, 0.05) is 22.3 Å². The molecule has 0 aliphatic heterocycles. The van der Waals surface area contributed by atoms with Gasteiger partial charge in [-0.25, -0.2) is 0 Å². The van der Waals surface area contributed by atoms with E-state index in [2.05, 4.69) is 20.9 Å². The Morgan fingerprint density at radius 3 is 2.41 bits per heavy atom. The highest BCUT2D eigenvalue weighted by molar-refractivity contribution is 9.10. The molecule has 2 nitrogen and oxygen atoms in total. The summed E-state index contributed by atoms with van der Waals surface area (Å²) < 4.78 is 1.01. The second kappa shape index (κ2) is 5.43. The van der Waals surface area contributed by atoms with Gasteiger partial charge in [0.05, 0.1) is 6.10 Å². The van der Waals surface area contributed by atoms with E-state index >= 15 is 0 Å². The average molecular weight is 292 g/mol. The van der Waals surface area contributed by atoms with E-state index in [-0.39, 0.29) is 5.92 Å². The molecule has 0 saturated heterocycles. The second-order valence-electron chi connectivity index (χ2n) is 4.04. The molecule has 17 heavy (non-hydrogen) atoms. The molecule has 0 saturated carbocycles. The molecule has 3 heteroatoms. The molecule has 0 fully saturated rings. The van der Waals surface area contributed by atoms with Crippen molar-refractivity contribution in [2.24, 2.45) is 0 Å². The lowest BCUT2D eigenvalue weighted by molar-refractivity contribution is 0.150. The van der Waals surface area contributed by atoms with Crippen molar-refractivity contribution in [2.45, 2.75) is 18.9 Å². The molecule has 1 aromatic carbocycles. The highest BCUT2D eigenvalue weighted by Gasteiger charge is 2.18. The van der Waals surface area contributed by atoms with Gasteiger partial charge >= 0.3 is 0 Å². The zero-order valence-corrected chi connectivity index (χ0v) is 11.1. The zero-order chi connectivity index (χ0) is 12.3. The zero-order valence-electron chi connectivity index (χ0n) is 9.55. The van der Waals surface area contributed by atoms with E-state index in [0.29, 0.717) is 0 Å². The monoisotopic (exact) mass is 291 g/mol. The third kappa shape index (κ3) is 2.93. The Bertz CT molecular complexity index is 469. The molecule has 1 heterocycles. The number of hydrogen-bond donors (Lipinski definition) is 1. The van der Waals surface area contributed by atoms with Gasteiger partial charge in [-0.1, -0.05) is 41.1 Å². The SMILES string of the molecule is CC(c1ccccn1)C(O)c1ccc(Br)cc1. The molecule has 0 aliphatic carbocycles. The molecule has 1 N–H and O–H groups in total. The first-order valence-electron chi connectivity index (χ1n) is 5.53. The largest absolute Gasteiger partial charge is 0.388 e. The van der Waals surface area contributed by atoms with Crippen LogP contribution in [0.1, 0.15) is 30.2 Å². The Kier molecular flexibility index (Phi) is 3.92. The summed E-state index contributed by atoms with van der Waals surface area (Å²) in [4.78, 5) is 4.27. The third-order valence-corrected chi connectivity index (χ3v) is 3.37. The quantitative estimate of drug-likeness (QED) is 0.936. The van der Waals surface area contributed by atoms with Crippen molar-refractivity contribution in [1.82, 2.24) is 4.98 Å². The summed E-state index contributed by atoms with van der Waals surface area (Å²) in [6.45, 7) is 1.98. The molecule has 88 valence electrons. The summed E-state index contributed by atoms with van der Waals surface area (Å²) in [5.41, 5.74) is 1.81. The van der Waals surface area contributed by atoms with Crippen LogP contribution in [0.4, 0.5) is 0 Å². The van der Waals surface area contributed by atoms with Crippen LogP contribution in [-0.2, 0) is 0 Å². The summed E-state index contributed by atoms with van der Waals surface area (Å²) >= 11 is 3.38. The highest BCUT2D eigenvalue weighted by Crippen LogP contribution is 2.29. The van der Waals surface area contributed by atoms with Gasteiger partial charge in [0.1, 0.15) is 0 Å². The summed E-state index contributed by atoms with van der Waals surface area (Å²) in [5.74, 6) is -0.0163. The Morgan fingerprint density at radius 2 is 1.82 bits per heavy atom. The van der Waals surface area contributed by atoms with E-state index < -0.39 is 6.10 Å². The molecule has 2 unspecified atom stereocenters. The van der Waals surface area contributed by atoms with Crippen molar-refractivity contribution in [3.8, 4) is 0 Å². The third-order valence-electron chi connectivity index (χ3n) is 2.84. The topological polar surface area (TPSA) is 33.1 Å². The van der Waals surface area contributed by atoms with Crippen LogP contribution in [-0.4, -0.2) is 10.1 Å². The normalized spacial score (nSPS) is 14.3. The predicted octanol–water partition coefficient (Wildman–Crippen LogP) is 3.68. The molecule has 2 aromatic rings. The van der Waals surface area contributed by atoms with E-state index in [9.17, 15) is 5.11 Å². The first kappa shape index (κ1) is 12.3. The summed E-state index contributed by atoms with van der Waals surface area (Å²) in [5, 5.41) is 10.3. The first-order chi connectivity index (χ1) is 8.18. The standard InChI is InChI=1S/C14H14BrNO/c1-10(13-4-2-3-9-16-13)14(17)11-5-7-12(15)8-6-11/h2-10,14,17H,1H3. The number of benzene rings is 1. The average Bonchev–Trinajstić information content (AvgIpc) is 2.39. The van der Waals surface area contributed by atoms with Crippen molar-refractivity contribution >= 4 is 15.9 Å². The van der Waals surface area contributed by atoms with E-state index in [1.807, 2.05) is 49.4 Å². The molecular formula is C14H14BrNO. The lowest BCUT2D eigenvalue weighted by atomic mass is 9.94. The number of halogens is 1. The molecule has 0 amide bonds. The van der Waals surface area contributed by atoms with Crippen molar-refractivity contribution in [1.29, 1.82) is 0 Å². The molecule has 0 aliphatic rings. The minimum Gasteiger partial charge on any atom is -0.388 e. The fourth-order valence-electron chi connectivity index (χ4n) is 1.76. The molecule has 0 spiro atoms. The number of rotatable bonds is 3. The number of aliphatic hydroxyl groups is 1. The van der Waals surface area contributed by atoms with Crippen molar-refractivity contribution < 1.29 is 5.11 Å². The van der Waals surface area contributed by atoms with Gasteiger partial charge in [-0.2, -0.15) is 0 Å². The van der Waals surface area contributed by atoms with Crippen LogP contribution in [0.15, 0.2) is 53.1 Å². The predicted molar refractivity (Wildman–Crippen MR) is 71.8 cm³/mol. The maximum absolute atomic E-state index is 10.3. The van der Waals surface area contributed by atoms with Crippen molar-refractivity contribution in [2.75, 3.05) is 0 Å². The molecular weight excluding hydrogens is 278 g/mol. The van der Waals surface area contributed by atoms with Gasteiger partial charge in [0.15, 0.2) is 0 Å². The lowest BCUT2D eigenvalue weighted by Crippen LogP contribution is -2.08. The Balaban J connectivity index is 2.20. The van der Waals surface area contributed by atoms with Gasteiger partial charge in [-0.15, -0.1) is 0 Å². The van der Waals surface area contributed by atoms with Crippen LogP contribution in [0, 0.1) is 0 Å². The number of hydrogen-bond acceptors (Lipinski definition) is 2. The number of nitrogens with zero attached hydrogens (tertiary/aromatic N) is 1. The van der Waals surface area contributed by atoms with Gasteiger partial charge in [0.2, 0.25) is 0 Å². The van der Waals surface area contributed by atoms with Gasteiger partial charge in [-0.3, -0.25) is 4.98 Å². The van der Waals surface area contributed by atoms with Crippen molar-refractivity contribution in [3.05, 3.63) is 64.4 Å². The van der Waals surface area contributed by atoms with Crippen LogP contribution >= 0.6 is 15.9 Å². The van der Waals surface area contributed by atoms with E-state index in [1.54, 1.807) is 6.20 Å². The summed E-state index contributed by atoms with van der Waals surface area (Å²) in [6, 6.07) is 13.5. The van der Waals surface area contributed by atoms with Crippen LogP contribution < -0.4 is 0 Å². The first-order valence-corrected chi connectivity index (χ1v) is 6.32. The van der Waals surface area contributed by atoms with Gasteiger partial charge in [-0.05, 0) is 29.8 Å². The van der Waals surface area contributed by atoms with Gasteiger partial charge < -0.3 is 5.11 Å². The molecule has 0 bridgehead atoms. The highest BCUT2D eigenvalue weighted by atomic mass is 79.9. The van der Waals surface area contributed by atoms with Crippen LogP contribution in [0.5, 0.6) is 0 Å². The minimum absolute atomic E-state index is 0.0163. The van der Waals surface area contributed by atoms with E-state index in [4.69, 9.17) is 0 Å². The maximum Gasteiger partial charge on any atom is 0.0870 e. The molecule has 1 aromatic heterocycles. The van der Waals surface area contributed by atoms with Gasteiger partial charge in [0.25, 0.3) is 0 Å². The van der Waals surface area contributed by atoms with Crippen LogP contribution in [0.25, 0.3) is 0 Å². The maximum atomic E-state index is 10.3. The Hall–Kier alpha value is -1.19. The Morgan fingerprint density at radius 1 is 1.12 bits per heavy atom. The summed E-state index contributed by atoms with van der Waals surface area (Å²) in [7, 11) is 0. The molecule has 2 rings (SSSR count). The minimum atomic E-state index is -0.530. The number of pyridine rings is 1. The smallest absolute Gasteiger partial charge is 0.0870 e. The van der Waals surface area contributed by atoms with E-state index in [1.165, 1.54) is 0 Å². The number of aliphatic hydroxyl groups excluding tert-OH is 1. The number of aromatic nitrogens is 1. The lowest BCUT2D eigenvalue weighted by Gasteiger charge is -2.18. The second-order valence-corrected chi connectivity index (χ2v) is 4.96. The fourth-order valence-corrected chi connectivity index (χ4v) is 2.02. The summed E-state index contributed by atoms with van der Waals surface area (Å²) in [6.07, 6.45) is 1.22. The van der Waals surface area contributed by atoms with Crippen LogP contribution in [0.2, 0.25) is 0 Å². The molecule has 2 atom stereocenters. The Labute approximate surface area is 109 Å². The molecule has 0 radical (unpaired) electrons. The van der Waals surface area contributed by atoms with Crippen LogP contribution in [0.3, 0.4) is 0 Å². The fraction of sp³-hybridized carbons (Fsp3) is 0.214. The van der Waals surface area contributed by atoms with E-state index in [0.717, 1.165) is 15.7 Å². The van der Waals surface area contributed by atoms with Crippen molar-refractivity contribution in [3.63, 3.8) is 0 Å².